The minimum atomic E-state index is 0.804. The van der Waals surface area contributed by atoms with Crippen LogP contribution >= 0.6 is 0 Å². The standard InChI is InChI=1S/C13H26N2/c1-15-10-5-8-13(9-11-15)14-12-6-3-2-4-7-12/h12-14H,2-11H2,1H3. The lowest BCUT2D eigenvalue weighted by Crippen LogP contribution is -2.39. The quantitative estimate of drug-likeness (QED) is 0.753. The van der Waals surface area contributed by atoms with Gasteiger partial charge in [-0.15, -0.1) is 0 Å². The van der Waals surface area contributed by atoms with E-state index in [-0.39, 0.29) is 0 Å². The molecule has 2 rings (SSSR count). The van der Waals surface area contributed by atoms with Crippen molar-refractivity contribution in [2.45, 2.75) is 63.5 Å². The zero-order chi connectivity index (χ0) is 10.5. The van der Waals surface area contributed by atoms with E-state index in [9.17, 15) is 0 Å². The van der Waals surface area contributed by atoms with E-state index in [0.29, 0.717) is 0 Å². The molecule has 0 radical (unpaired) electrons. The molecular weight excluding hydrogens is 184 g/mol. The van der Waals surface area contributed by atoms with Gasteiger partial charge in [-0.1, -0.05) is 19.3 Å². The van der Waals surface area contributed by atoms with E-state index in [4.69, 9.17) is 0 Å². The Balaban J connectivity index is 1.72. The van der Waals surface area contributed by atoms with Gasteiger partial charge in [-0.05, 0) is 52.2 Å². The molecule has 2 nitrogen and oxygen atoms in total. The summed E-state index contributed by atoms with van der Waals surface area (Å²) in [5.74, 6) is 0. The predicted molar refractivity (Wildman–Crippen MR) is 65.1 cm³/mol. The van der Waals surface area contributed by atoms with Crippen molar-refractivity contribution in [1.82, 2.24) is 10.2 Å². The zero-order valence-corrected chi connectivity index (χ0v) is 10.2. The van der Waals surface area contributed by atoms with Crippen molar-refractivity contribution in [2.24, 2.45) is 0 Å². The van der Waals surface area contributed by atoms with Crippen molar-refractivity contribution in [2.75, 3.05) is 20.1 Å². The molecule has 1 aliphatic heterocycles. The van der Waals surface area contributed by atoms with Crippen molar-refractivity contribution < 1.29 is 0 Å². The SMILES string of the molecule is CN1CCCC(NC2CCCCC2)CC1. The summed E-state index contributed by atoms with van der Waals surface area (Å²) in [7, 11) is 2.25. The normalized spacial score (nSPS) is 31.4. The first-order valence-electron chi connectivity index (χ1n) is 6.79. The van der Waals surface area contributed by atoms with Gasteiger partial charge < -0.3 is 10.2 Å². The first-order valence-corrected chi connectivity index (χ1v) is 6.79. The van der Waals surface area contributed by atoms with Crippen LogP contribution in [0.3, 0.4) is 0 Å². The first kappa shape index (κ1) is 11.4. The summed E-state index contributed by atoms with van der Waals surface area (Å²) >= 11 is 0. The number of hydrogen-bond acceptors (Lipinski definition) is 2. The van der Waals surface area contributed by atoms with Crippen molar-refractivity contribution in [3.05, 3.63) is 0 Å². The number of hydrogen-bond donors (Lipinski definition) is 1. The van der Waals surface area contributed by atoms with Gasteiger partial charge in [-0.2, -0.15) is 0 Å². The molecule has 1 atom stereocenters. The molecule has 0 amide bonds. The van der Waals surface area contributed by atoms with E-state index in [1.165, 1.54) is 64.5 Å². The van der Waals surface area contributed by atoms with Crippen LogP contribution in [0, 0.1) is 0 Å². The van der Waals surface area contributed by atoms with Crippen molar-refractivity contribution in [3.63, 3.8) is 0 Å². The smallest absolute Gasteiger partial charge is 0.00823 e. The van der Waals surface area contributed by atoms with Crippen LogP contribution < -0.4 is 5.32 Å². The van der Waals surface area contributed by atoms with Crippen LogP contribution in [0.4, 0.5) is 0 Å². The number of nitrogens with zero attached hydrogens (tertiary/aromatic N) is 1. The maximum absolute atomic E-state index is 3.89. The lowest BCUT2D eigenvalue weighted by molar-refractivity contribution is 0.311. The summed E-state index contributed by atoms with van der Waals surface area (Å²) in [4.78, 5) is 2.47. The summed E-state index contributed by atoms with van der Waals surface area (Å²) < 4.78 is 0. The van der Waals surface area contributed by atoms with Crippen molar-refractivity contribution in [3.8, 4) is 0 Å². The largest absolute Gasteiger partial charge is 0.311 e. The van der Waals surface area contributed by atoms with Gasteiger partial charge >= 0.3 is 0 Å². The summed E-state index contributed by atoms with van der Waals surface area (Å²) in [5.41, 5.74) is 0. The monoisotopic (exact) mass is 210 g/mol. The lowest BCUT2D eigenvalue weighted by atomic mass is 9.94. The fraction of sp³-hybridized carbons (Fsp3) is 1.00. The highest BCUT2D eigenvalue weighted by atomic mass is 15.1. The van der Waals surface area contributed by atoms with Gasteiger partial charge in [0.25, 0.3) is 0 Å². The Bertz CT molecular complexity index is 175. The molecule has 1 unspecified atom stereocenters. The van der Waals surface area contributed by atoms with E-state index in [1.807, 2.05) is 0 Å². The zero-order valence-electron chi connectivity index (χ0n) is 10.2. The van der Waals surface area contributed by atoms with Crippen LogP contribution in [0.25, 0.3) is 0 Å². The average molecular weight is 210 g/mol. The van der Waals surface area contributed by atoms with Gasteiger partial charge in [0.1, 0.15) is 0 Å². The molecule has 1 heterocycles. The third-order valence-corrected chi connectivity index (χ3v) is 4.03. The molecule has 0 aromatic heterocycles. The Morgan fingerprint density at radius 3 is 2.27 bits per heavy atom. The molecule has 2 fully saturated rings. The predicted octanol–water partition coefficient (Wildman–Crippen LogP) is 2.39. The molecule has 15 heavy (non-hydrogen) atoms. The molecule has 0 aromatic rings. The summed E-state index contributed by atoms with van der Waals surface area (Å²) in [6.07, 6.45) is 11.3. The minimum absolute atomic E-state index is 0.804. The Labute approximate surface area is 94.4 Å². The van der Waals surface area contributed by atoms with Gasteiger partial charge in [0, 0.05) is 12.1 Å². The fourth-order valence-corrected chi connectivity index (χ4v) is 3.01. The Morgan fingerprint density at radius 1 is 0.800 bits per heavy atom. The minimum Gasteiger partial charge on any atom is -0.311 e. The summed E-state index contributed by atoms with van der Waals surface area (Å²) in [6.45, 7) is 2.58. The van der Waals surface area contributed by atoms with E-state index in [2.05, 4.69) is 17.3 Å². The van der Waals surface area contributed by atoms with Gasteiger partial charge in [0.2, 0.25) is 0 Å². The fourth-order valence-electron chi connectivity index (χ4n) is 3.01. The molecule has 0 bridgehead atoms. The topological polar surface area (TPSA) is 15.3 Å². The molecular formula is C13H26N2. The molecule has 1 aliphatic carbocycles. The van der Waals surface area contributed by atoms with Gasteiger partial charge in [-0.25, -0.2) is 0 Å². The molecule has 1 N–H and O–H groups in total. The average Bonchev–Trinajstić information content (AvgIpc) is 2.46. The maximum atomic E-state index is 3.89. The summed E-state index contributed by atoms with van der Waals surface area (Å²) in [5, 5.41) is 3.89. The molecule has 0 spiro atoms. The molecule has 0 aromatic carbocycles. The number of likely N-dealkylation sites (tertiary alicyclic amines) is 1. The van der Waals surface area contributed by atoms with Crippen molar-refractivity contribution in [1.29, 1.82) is 0 Å². The highest BCUT2D eigenvalue weighted by Gasteiger charge is 2.19. The molecule has 2 heteroatoms. The summed E-state index contributed by atoms with van der Waals surface area (Å²) in [6, 6.07) is 1.64. The number of nitrogens with one attached hydrogen (secondary N) is 1. The molecule has 2 aliphatic rings. The Morgan fingerprint density at radius 2 is 1.47 bits per heavy atom. The third-order valence-electron chi connectivity index (χ3n) is 4.03. The highest BCUT2D eigenvalue weighted by Crippen LogP contribution is 2.19. The Kier molecular flexibility index (Phi) is 4.45. The van der Waals surface area contributed by atoms with Gasteiger partial charge in [-0.3, -0.25) is 0 Å². The highest BCUT2D eigenvalue weighted by molar-refractivity contribution is 4.79. The lowest BCUT2D eigenvalue weighted by Gasteiger charge is -2.28. The van der Waals surface area contributed by atoms with E-state index < -0.39 is 0 Å². The molecule has 1 saturated carbocycles. The van der Waals surface area contributed by atoms with Crippen molar-refractivity contribution >= 4 is 0 Å². The maximum Gasteiger partial charge on any atom is 0.00823 e. The van der Waals surface area contributed by atoms with Crippen LogP contribution in [0.2, 0.25) is 0 Å². The Hall–Kier alpha value is -0.0800. The number of rotatable bonds is 2. The van der Waals surface area contributed by atoms with Crippen LogP contribution in [0.1, 0.15) is 51.4 Å². The van der Waals surface area contributed by atoms with Gasteiger partial charge in [0.15, 0.2) is 0 Å². The van der Waals surface area contributed by atoms with E-state index in [0.717, 1.165) is 12.1 Å². The third kappa shape index (κ3) is 3.76. The molecule has 88 valence electrons. The second-order valence-corrected chi connectivity index (χ2v) is 5.43. The second-order valence-electron chi connectivity index (χ2n) is 5.43. The van der Waals surface area contributed by atoms with E-state index in [1.54, 1.807) is 0 Å². The van der Waals surface area contributed by atoms with Crippen LogP contribution in [-0.4, -0.2) is 37.1 Å². The van der Waals surface area contributed by atoms with Crippen LogP contribution in [0.15, 0.2) is 0 Å². The molecule has 1 saturated heterocycles. The van der Waals surface area contributed by atoms with Crippen LogP contribution in [-0.2, 0) is 0 Å². The van der Waals surface area contributed by atoms with Crippen LogP contribution in [0.5, 0.6) is 0 Å². The first-order chi connectivity index (χ1) is 7.34. The second kappa shape index (κ2) is 5.86. The van der Waals surface area contributed by atoms with E-state index >= 15 is 0 Å². The van der Waals surface area contributed by atoms with Gasteiger partial charge in [0.05, 0.1) is 0 Å².